The molecule has 1 unspecified atom stereocenters. The van der Waals surface area contributed by atoms with Gasteiger partial charge in [-0.15, -0.1) is 0 Å². The molecule has 0 radical (unpaired) electrons. The largest absolute Gasteiger partial charge is 0.508 e. The summed E-state index contributed by atoms with van der Waals surface area (Å²) in [6, 6.07) is 11.7. The number of fused-ring (bicyclic) bond motifs is 1. The average Bonchev–Trinajstić information content (AvgIpc) is 2.60. The lowest BCUT2D eigenvalue weighted by atomic mass is 9.67. The maximum Gasteiger partial charge on any atom is 0.168 e. The molecule has 0 aromatic heterocycles. The molecule has 1 aliphatic rings. The van der Waals surface area contributed by atoms with Gasteiger partial charge in [-0.1, -0.05) is 31.7 Å². The first-order valence-corrected chi connectivity index (χ1v) is 8.70. The number of hydrogen-bond donors (Lipinski definition) is 1. The molecule has 3 nitrogen and oxygen atoms in total. The molecule has 0 saturated heterocycles. The third kappa shape index (κ3) is 3.23. The normalized spacial score (nSPS) is 19.2. The summed E-state index contributed by atoms with van der Waals surface area (Å²) in [5.41, 5.74) is 4.61. The van der Waals surface area contributed by atoms with Crippen LogP contribution >= 0.6 is 0 Å². The number of aromatic hydroxyl groups is 1. The fourth-order valence-electron chi connectivity index (χ4n) is 4.09. The van der Waals surface area contributed by atoms with Crippen LogP contribution in [0.4, 0.5) is 0 Å². The molecular formula is C22H26O3. The van der Waals surface area contributed by atoms with E-state index in [4.69, 9.17) is 9.47 Å². The molecule has 1 atom stereocenters. The van der Waals surface area contributed by atoms with Crippen LogP contribution in [0.15, 0.2) is 43.0 Å². The summed E-state index contributed by atoms with van der Waals surface area (Å²) in [4.78, 5) is 0. The lowest BCUT2D eigenvalue weighted by Gasteiger charge is -2.37. The Labute approximate surface area is 149 Å². The maximum absolute atomic E-state index is 9.80. The van der Waals surface area contributed by atoms with Gasteiger partial charge in [0.25, 0.3) is 0 Å². The van der Waals surface area contributed by atoms with Crippen LogP contribution in [0.3, 0.4) is 0 Å². The molecule has 0 bridgehead atoms. The third-order valence-electron chi connectivity index (χ3n) is 5.30. The number of allylic oxidation sites excluding steroid dienone is 1. The highest BCUT2D eigenvalue weighted by molar-refractivity contribution is 5.72. The van der Waals surface area contributed by atoms with Crippen molar-refractivity contribution in [3.05, 3.63) is 59.7 Å². The highest BCUT2D eigenvalue weighted by atomic mass is 16.5. The number of para-hydroxylation sites is 1. The van der Waals surface area contributed by atoms with E-state index in [0.717, 1.165) is 48.3 Å². The van der Waals surface area contributed by atoms with E-state index in [1.54, 1.807) is 20.3 Å². The molecule has 1 aliphatic carbocycles. The van der Waals surface area contributed by atoms with Crippen LogP contribution in [0.25, 0.3) is 5.57 Å². The van der Waals surface area contributed by atoms with Gasteiger partial charge in [-0.2, -0.15) is 0 Å². The van der Waals surface area contributed by atoms with E-state index in [9.17, 15) is 5.11 Å². The molecule has 3 rings (SSSR count). The van der Waals surface area contributed by atoms with Gasteiger partial charge in [0.15, 0.2) is 11.5 Å². The second-order valence-corrected chi connectivity index (χ2v) is 7.08. The first kappa shape index (κ1) is 17.4. The summed E-state index contributed by atoms with van der Waals surface area (Å²) in [5, 5.41) is 9.80. The van der Waals surface area contributed by atoms with Gasteiger partial charge in [-0.05, 0) is 66.0 Å². The summed E-state index contributed by atoms with van der Waals surface area (Å²) in [5.74, 6) is 1.80. The number of phenols is 1. The Morgan fingerprint density at radius 1 is 1.20 bits per heavy atom. The third-order valence-corrected chi connectivity index (χ3v) is 5.30. The molecule has 3 heteroatoms. The Kier molecular flexibility index (Phi) is 4.76. The van der Waals surface area contributed by atoms with Crippen molar-refractivity contribution in [2.75, 3.05) is 14.2 Å². The van der Waals surface area contributed by atoms with Crippen LogP contribution in [0.5, 0.6) is 17.2 Å². The maximum atomic E-state index is 9.80. The van der Waals surface area contributed by atoms with Crippen molar-refractivity contribution in [2.45, 2.75) is 38.0 Å². The summed E-state index contributed by atoms with van der Waals surface area (Å²) < 4.78 is 11.0. The minimum atomic E-state index is 0.00640. The fourth-order valence-corrected chi connectivity index (χ4v) is 4.09. The number of ether oxygens (including phenoxy) is 2. The zero-order valence-corrected chi connectivity index (χ0v) is 15.3. The highest BCUT2D eigenvalue weighted by Gasteiger charge is 2.33. The molecule has 1 N–H and O–H groups in total. The van der Waals surface area contributed by atoms with Gasteiger partial charge < -0.3 is 14.6 Å². The first-order chi connectivity index (χ1) is 12.0. The van der Waals surface area contributed by atoms with Crippen molar-refractivity contribution in [2.24, 2.45) is 0 Å². The second-order valence-electron chi connectivity index (χ2n) is 7.08. The minimum absolute atomic E-state index is 0.00640. The van der Waals surface area contributed by atoms with E-state index >= 15 is 0 Å². The summed E-state index contributed by atoms with van der Waals surface area (Å²) in [6.45, 7) is 6.65. The van der Waals surface area contributed by atoms with Crippen LogP contribution in [0, 0.1) is 0 Å². The van der Waals surface area contributed by atoms with Crippen LogP contribution < -0.4 is 9.47 Å². The Bertz CT molecular complexity index is 794. The molecule has 2 aromatic rings. The van der Waals surface area contributed by atoms with Gasteiger partial charge in [0.1, 0.15) is 5.75 Å². The summed E-state index contributed by atoms with van der Waals surface area (Å²) in [7, 11) is 3.31. The van der Waals surface area contributed by atoms with Crippen LogP contribution in [0.2, 0.25) is 0 Å². The van der Waals surface area contributed by atoms with Gasteiger partial charge in [-0.25, -0.2) is 0 Å². The van der Waals surface area contributed by atoms with E-state index in [0.29, 0.717) is 5.75 Å². The summed E-state index contributed by atoms with van der Waals surface area (Å²) in [6.07, 6.45) is 4.09. The second kappa shape index (κ2) is 6.83. The van der Waals surface area contributed by atoms with Crippen LogP contribution in [-0.2, 0) is 11.8 Å². The summed E-state index contributed by atoms with van der Waals surface area (Å²) >= 11 is 0. The van der Waals surface area contributed by atoms with Gasteiger partial charge in [0.05, 0.1) is 14.2 Å². The lowest BCUT2D eigenvalue weighted by Crippen LogP contribution is -2.27. The zero-order valence-electron chi connectivity index (χ0n) is 15.3. The molecule has 0 aliphatic heterocycles. The number of rotatable bonds is 5. The molecule has 0 amide bonds. The van der Waals surface area contributed by atoms with E-state index in [1.807, 2.05) is 24.3 Å². The van der Waals surface area contributed by atoms with Crippen LogP contribution in [0.1, 0.15) is 42.9 Å². The number of phenolic OH excluding ortho intramolecular Hbond substituents is 1. The van der Waals surface area contributed by atoms with Gasteiger partial charge in [0.2, 0.25) is 0 Å². The molecular weight excluding hydrogens is 312 g/mol. The highest BCUT2D eigenvalue weighted by Crippen LogP contribution is 2.45. The van der Waals surface area contributed by atoms with Crippen molar-refractivity contribution in [1.82, 2.24) is 0 Å². The number of aryl methyl sites for hydroxylation is 1. The van der Waals surface area contributed by atoms with Gasteiger partial charge in [0, 0.05) is 5.56 Å². The number of methoxy groups -OCH3 is 2. The topological polar surface area (TPSA) is 38.7 Å². The molecule has 2 aromatic carbocycles. The van der Waals surface area contributed by atoms with E-state index in [-0.39, 0.29) is 5.41 Å². The van der Waals surface area contributed by atoms with E-state index in [2.05, 4.69) is 19.6 Å². The predicted molar refractivity (Wildman–Crippen MR) is 102 cm³/mol. The van der Waals surface area contributed by atoms with Crippen molar-refractivity contribution >= 4 is 5.57 Å². The Balaban J connectivity index is 1.95. The van der Waals surface area contributed by atoms with Crippen molar-refractivity contribution < 1.29 is 14.6 Å². The molecule has 0 heterocycles. The molecule has 25 heavy (non-hydrogen) atoms. The number of hydrogen-bond acceptors (Lipinski definition) is 3. The van der Waals surface area contributed by atoms with Gasteiger partial charge >= 0.3 is 0 Å². The molecule has 0 fully saturated rings. The smallest absolute Gasteiger partial charge is 0.168 e. The Morgan fingerprint density at radius 2 is 2.00 bits per heavy atom. The van der Waals surface area contributed by atoms with E-state index in [1.165, 1.54) is 11.1 Å². The average molecular weight is 338 g/mol. The number of benzene rings is 2. The zero-order chi connectivity index (χ0) is 18.0. The van der Waals surface area contributed by atoms with Crippen molar-refractivity contribution in [3.63, 3.8) is 0 Å². The quantitative estimate of drug-likeness (QED) is 0.823. The van der Waals surface area contributed by atoms with Crippen molar-refractivity contribution in [1.29, 1.82) is 0 Å². The van der Waals surface area contributed by atoms with Gasteiger partial charge in [-0.3, -0.25) is 0 Å². The standard InChI is InChI=1S/C22H26O3/c1-15(18-8-5-9-20(24-3)21(18)25-4)14-22(2)12-6-7-16-13-17(23)10-11-19(16)22/h5,8-11,13,23H,1,6-7,12,14H2,2-4H3. The Hall–Kier alpha value is -2.42. The van der Waals surface area contributed by atoms with E-state index < -0.39 is 0 Å². The predicted octanol–water partition coefficient (Wildman–Crippen LogP) is 5.11. The minimum Gasteiger partial charge on any atom is -0.508 e. The molecule has 0 saturated carbocycles. The molecule has 0 spiro atoms. The first-order valence-electron chi connectivity index (χ1n) is 8.70. The van der Waals surface area contributed by atoms with Crippen molar-refractivity contribution in [3.8, 4) is 17.2 Å². The molecule has 132 valence electrons. The van der Waals surface area contributed by atoms with Crippen LogP contribution in [-0.4, -0.2) is 19.3 Å². The SMILES string of the molecule is C=C(CC1(C)CCCc2cc(O)ccc21)c1cccc(OC)c1OC. The Morgan fingerprint density at radius 3 is 2.72 bits per heavy atom. The fraction of sp³-hybridized carbons (Fsp3) is 0.364. The lowest BCUT2D eigenvalue weighted by molar-refractivity contribution is 0.353. The monoisotopic (exact) mass is 338 g/mol.